The zero-order valence-electron chi connectivity index (χ0n) is 18.9. The fourth-order valence-electron chi connectivity index (χ4n) is 5.70. The molecule has 1 aromatic rings. The van der Waals surface area contributed by atoms with E-state index in [1.165, 1.54) is 0 Å². The van der Waals surface area contributed by atoms with E-state index in [4.69, 9.17) is 9.47 Å². The van der Waals surface area contributed by atoms with Gasteiger partial charge in [-0.2, -0.15) is 13.2 Å². The predicted octanol–water partition coefficient (Wildman–Crippen LogP) is 2.62. The maximum Gasteiger partial charge on any atom is 0.417 e. The van der Waals surface area contributed by atoms with E-state index in [1.807, 2.05) is 0 Å². The van der Waals surface area contributed by atoms with E-state index in [0.717, 1.165) is 7.11 Å². The molecule has 5 rings (SSSR count). The van der Waals surface area contributed by atoms with Crippen LogP contribution in [0.1, 0.15) is 30.4 Å². The number of halogens is 5. The fraction of sp³-hybridized carbons (Fsp3) is 0.682. The minimum atomic E-state index is -4.80. The number of hydrogen-bond acceptors (Lipinski definition) is 5. The summed E-state index contributed by atoms with van der Waals surface area (Å²) in [5, 5.41) is 2.83. The Morgan fingerprint density at radius 3 is 2.60 bits per heavy atom. The van der Waals surface area contributed by atoms with Crippen LogP contribution < -0.4 is 10.1 Å². The lowest BCUT2D eigenvalue weighted by atomic mass is 9.55. The van der Waals surface area contributed by atoms with E-state index in [2.05, 4.69) is 10.3 Å². The number of carbonyl (C=O) groups is 2. The molecule has 0 unspecified atom stereocenters. The first-order chi connectivity index (χ1) is 16.4. The molecule has 192 valence electrons. The molecule has 13 heteroatoms. The maximum absolute atomic E-state index is 15.2. The molecular weight excluding hydrogens is 479 g/mol. The second-order valence-corrected chi connectivity index (χ2v) is 9.90. The van der Waals surface area contributed by atoms with Crippen LogP contribution in [0.3, 0.4) is 0 Å². The van der Waals surface area contributed by atoms with E-state index >= 15 is 8.78 Å². The number of carbonyl (C=O) groups excluding carboxylic acids is 2. The first-order valence-corrected chi connectivity index (χ1v) is 11.4. The van der Waals surface area contributed by atoms with Gasteiger partial charge in [-0.05, 0) is 25.3 Å². The molecule has 3 saturated heterocycles. The summed E-state index contributed by atoms with van der Waals surface area (Å²) >= 11 is 0. The van der Waals surface area contributed by atoms with E-state index in [1.54, 1.807) is 9.80 Å². The number of amides is 3. The summed E-state index contributed by atoms with van der Waals surface area (Å²) < 4.78 is 80.0. The highest BCUT2D eigenvalue weighted by Crippen LogP contribution is 2.60. The van der Waals surface area contributed by atoms with Crippen LogP contribution in [0.25, 0.3) is 0 Å². The molecule has 2 atom stereocenters. The highest BCUT2D eigenvalue weighted by molar-refractivity contribution is 5.79. The van der Waals surface area contributed by atoms with Crippen molar-refractivity contribution in [3.05, 3.63) is 23.4 Å². The number of likely N-dealkylation sites (tertiary alicyclic amines) is 2. The van der Waals surface area contributed by atoms with E-state index in [9.17, 15) is 22.8 Å². The largest absolute Gasteiger partial charge is 0.481 e. The Labute approximate surface area is 197 Å². The number of nitrogens with zero attached hydrogens (tertiary/aromatic N) is 3. The second kappa shape index (κ2) is 8.17. The lowest BCUT2D eigenvalue weighted by Crippen LogP contribution is -2.69. The Kier molecular flexibility index (Phi) is 5.61. The summed E-state index contributed by atoms with van der Waals surface area (Å²) in [4.78, 5) is 31.1. The summed E-state index contributed by atoms with van der Waals surface area (Å²) in [7, 11) is 1.08. The van der Waals surface area contributed by atoms with Gasteiger partial charge in [0.25, 0.3) is 5.92 Å². The zero-order chi connectivity index (χ0) is 25.2. The minimum Gasteiger partial charge on any atom is -0.481 e. The maximum atomic E-state index is 15.2. The number of urea groups is 1. The van der Waals surface area contributed by atoms with E-state index in [0.29, 0.717) is 44.9 Å². The topological polar surface area (TPSA) is 84.0 Å². The Morgan fingerprint density at radius 2 is 1.94 bits per heavy atom. The van der Waals surface area contributed by atoms with Crippen LogP contribution in [-0.4, -0.2) is 78.8 Å². The Bertz CT molecular complexity index is 1020. The summed E-state index contributed by atoms with van der Waals surface area (Å²) in [6, 6.07) is -0.0787. The van der Waals surface area contributed by atoms with Crippen molar-refractivity contribution >= 4 is 11.9 Å². The highest BCUT2D eigenvalue weighted by Gasteiger charge is 2.62. The van der Waals surface area contributed by atoms with Crippen molar-refractivity contribution < 1.29 is 41.0 Å². The van der Waals surface area contributed by atoms with Gasteiger partial charge >= 0.3 is 12.2 Å². The first-order valence-electron chi connectivity index (χ1n) is 11.4. The number of ether oxygens (including phenoxy) is 2. The molecule has 1 aliphatic carbocycles. The van der Waals surface area contributed by atoms with Crippen molar-refractivity contribution in [3.8, 4) is 5.88 Å². The molecule has 4 fully saturated rings. The van der Waals surface area contributed by atoms with Crippen LogP contribution in [-0.2, 0) is 21.6 Å². The Morgan fingerprint density at radius 1 is 1.23 bits per heavy atom. The summed E-state index contributed by atoms with van der Waals surface area (Å²) in [5.74, 6) is -5.49. The van der Waals surface area contributed by atoms with Gasteiger partial charge in [-0.3, -0.25) is 4.79 Å². The lowest BCUT2D eigenvalue weighted by molar-refractivity contribution is -0.179. The molecule has 3 amide bonds. The Hall–Kier alpha value is -2.70. The van der Waals surface area contributed by atoms with E-state index < -0.39 is 40.4 Å². The van der Waals surface area contributed by atoms with Crippen LogP contribution in [0, 0.1) is 11.3 Å². The number of aromatic nitrogens is 1. The second-order valence-electron chi connectivity index (χ2n) is 9.90. The van der Waals surface area contributed by atoms with Gasteiger partial charge in [0, 0.05) is 43.7 Å². The molecule has 1 spiro atoms. The summed E-state index contributed by atoms with van der Waals surface area (Å²) in [5.41, 5.74) is -2.60. The van der Waals surface area contributed by atoms with Gasteiger partial charge in [0.15, 0.2) is 0 Å². The van der Waals surface area contributed by atoms with Crippen molar-refractivity contribution in [1.82, 2.24) is 20.1 Å². The molecule has 0 aromatic carbocycles. The number of piperidine rings is 1. The molecule has 3 aliphatic heterocycles. The van der Waals surface area contributed by atoms with Gasteiger partial charge in [-0.1, -0.05) is 0 Å². The van der Waals surface area contributed by atoms with Crippen LogP contribution in [0.4, 0.5) is 26.7 Å². The summed E-state index contributed by atoms with van der Waals surface area (Å²) in [6.07, 6.45) is -3.70. The van der Waals surface area contributed by atoms with Gasteiger partial charge in [0.2, 0.25) is 11.8 Å². The van der Waals surface area contributed by atoms with Gasteiger partial charge in [0.05, 0.1) is 30.4 Å². The monoisotopic (exact) mass is 504 g/mol. The quantitative estimate of drug-likeness (QED) is 0.640. The van der Waals surface area contributed by atoms with Crippen LogP contribution in [0.5, 0.6) is 5.88 Å². The van der Waals surface area contributed by atoms with Crippen molar-refractivity contribution in [2.75, 3.05) is 39.9 Å². The minimum absolute atomic E-state index is 0.0119. The van der Waals surface area contributed by atoms with Crippen LogP contribution in [0.15, 0.2) is 12.3 Å². The van der Waals surface area contributed by atoms with Gasteiger partial charge in [0.1, 0.15) is 6.61 Å². The molecule has 4 heterocycles. The van der Waals surface area contributed by atoms with Gasteiger partial charge in [-0.15, -0.1) is 0 Å². The molecule has 1 N–H and O–H groups in total. The average molecular weight is 504 g/mol. The molecule has 1 saturated carbocycles. The third kappa shape index (κ3) is 4.17. The number of pyridine rings is 1. The average Bonchev–Trinajstić information content (AvgIpc) is 2.75. The molecule has 4 aliphatic rings. The number of morpholine rings is 1. The number of fused-ring (bicyclic) bond motifs is 1. The molecular formula is C22H25F5N4O4. The number of hydrogen-bond donors (Lipinski definition) is 1. The molecule has 0 bridgehead atoms. The number of methoxy groups -OCH3 is 1. The molecule has 0 radical (unpaired) electrons. The number of rotatable bonds is 3. The third-order valence-corrected chi connectivity index (χ3v) is 7.52. The lowest BCUT2D eigenvalue weighted by Gasteiger charge is -2.60. The fourth-order valence-corrected chi connectivity index (χ4v) is 5.70. The van der Waals surface area contributed by atoms with Gasteiger partial charge < -0.3 is 24.6 Å². The molecule has 1 aromatic heterocycles. The zero-order valence-corrected chi connectivity index (χ0v) is 18.9. The number of alkyl halides is 5. The summed E-state index contributed by atoms with van der Waals surface area (Å²) in [6.45, 7) is 1.43. The standard InChI is InChI=1S/C22H25F5N4O4/c1-34-18-14(4-12(7-28-18)22(25,26)27)21(23,24)13-5-20(6-13)10-31(11-20)19(33)30-3-2-16-15(8-30)29-17(32)9-35-16/h4,7,13,15-16H,2-3,5-6,8-11H2,1H3,(H,29,32)/t15-,16+/m1/s1. The van der Waals surface area contributed by atoms with Crippen molar-refractivity contribution in [3.63, 3.8) is 0 Å². The van der Waals surface area contributed by atoms with Crippen molar-refractivity contribution in [1.29, 1.82) is 0 Å². The van der Waals surface area contributed by atoms with E-state index in [-0.39, 0.29) is 43.5 Å². The Balaban J connectivity index is 1.19. The highest BCUT2D eigenvalue weighted by atomic mass is 19.4. The number of nitrogens with one attached hydrogen (secondary N) is 1. The normalized spacial score (nSPS) is 26.5. The van der Waals surface area contributed by atoms with Gasteiger partial charge in [-0.25, -0.2) is 18.6 Å². The molecule has 35 heavy (non-hydrogen) atoms. The first kappa shape index (κ1) is 24.0. The third-order valence-electron chi connectivity index (χ3n) is 7.52. The predicted molar refractivity (Wildman–Crippen MR) is 110 cm³/mol. The molecule has 8 nitrogen and oxygen atoms in total. The van der Waals surface area contributed by atoms with Crippen molar-refractivity contribution in [2.24, 2.45) is 11.3 Å². The SMILES string of the molecule is COc1ncc(C(F)(F)F)cc1C(F)(F)C1CC2(C1)CN(C(=O)N1CC[C@@H]3OCC(=O)N[C@@H]3C1)C2. The smallest absolute Gasteiger partial charge is 0.417 e. The van der Waals surface area contributed by atoms with Crippen LogP contribution in [0.2, 0.25) is 0 Å². The van der Waals surface area contributed by atoms with Crippen LogP contribution >= 0.6 is 0 Å². The van der Waals surface area contributed by atoms with Crippen molar-refractivity contribution in [2.45, 2.75) is 43.5 Å².